The SMILES string of the molecule is CCOC(=O)c1c(C)[nH]c(C(=O)/C(C#N)=C/c2ccc(OCC)c(OC)c2)c1C. The molecular formula is C22H24N2O5. The van der Waals surface area contributed by atoms with E-state index in [-0.39, 0.29) is 17.9 Å². The molecule has 1 heterocycles. The van der Waals surface area contributed by atoms with Gasteiger partial charge in [0.25, 0.3) is 0 Å². The number of carbonyl (C=O) groups excluding carboxylic acids is 2. The summed E-state index contributed by atoms with van der Waals surface area (Å²) in [7, 11) is 1.52. The largest absolute Gasteiger partial charge is 0.493 e. The average Bonchev–Trinajstić information content (AvgIpc) is 3.01. The summed E-state index contributed by atoms with van der Waals surface area (Å²) in [6.45, 7) is 7.63. The number of methoxy groups -OCH3 is 1. The van der Waals surface area contributed by atoms with Gasteiger partial charge in [-0.25, -0.2) is 4.79 Å². The number of hydrogen-bond donors (Lipinski definition) is 1. The molecule has 0 aliphatic heterocycles. The van der Waals surface area contributed by atoms with Crippen LogP contribution in [0.5, 0.6) is 11.5 Å². The first kappa shape index (κ1) is 21.8. The first-order chi connectivity index (χ1) is 13.9. The van der Waals surface area contributed by atoms with E-state index in [4.69, 9.17) is 14.2 Å². The van der Waals surface area contributed by atoms with Crippen molar-refractivity contribution in [3.63, 3.8) is 0 Å². The van der Waals surface area contributed by atoms with Crippen LogP contribution in [0, 0.1) is 25.2 Å². The zero-order chi connectivity index (χ0) is 21.6. The summed E-state index contributed by atoms with van der Waals surface area (Å²) in [4.78, 5) is 28.0. The van der Waals surface area contributed by atoms with E-state index >= 15 is 0 Å². The van der Waals surface area contributed by atoms with Gasteiger partial charge in [0.1, 0.15) is 11.6 Å². The third kappa shape index (κ3) is 4.66. The Labute approximate surface area is 169 Å². The lowest BCUT2D eigenvalue weighted by atomic mass is 10.0. The van der Waals surface area contributed by atoms with Crippen LogP contribution < -0.4 is 9.47 Å². The second-order valence-corrected chi connectivity index (χ2v) is 6.19. The van der Waals surface area contributed by atoms with Crippen molar-refractivity contribution in [2.75, 3.05) is 20.3 Å². The molecule has 0 atom stereocenters. The smallest absolute Gasteiger partial charge is 0.340 e. The first-order valence-corrected chi connectivity index (χ1v) is 9.21. The van der Waals surface area contributed by atoms with E-state index in [9.17, 15) is 14.9 Å². The van der Waals surface area contributed by atoms with Crippen molar-refractivity contribution in [2.24, 2.45) is 0 Å². The number of rotatable bonds is 8. The molecular weight excluding hydrogens is 372 g/mol. The van der Waals surface area contributed by atoms with Gasteiger partial charge < -0.3 is 19.2 Å². The maximum atomic E-state index is 12.9. The summed E-state index contributed by atoms with van der Waals surface area (Å²) < 4.78 is 15.8. The minimum atomic E-state index is -0.503. The van der Waals surface area contributed by atoms with Gasteiger partial charge in [0.05, 0.1) is 31.6 Å². The molecule has 0 aliphatic carbocycles. The van der Waals surface area contributed by atoms with Crippen LogP contribution in [-0.4, -0.2) is 37.1 Å². The molecule has 0 saturated carbocycles. The Kier molecular flexibility index (Phi) is 7.21. The predicted molar refractivity (Wildman–Crippen MR) is 108 cm³/mol. The van der Waals surface area contributed by atoms with Crippen molar-refractivity contribution in [1.29, 1.82) is 5.26 Å². The van der Waals surface area contributed by atoms with E-state index in [0.29, 0.717) is 40.5 Å². The molecule has 0 unspecified atom stereocenters. The van der Waals surface area contributed by atoms with Crippen LogP contribution in [0.25, 0.3) is 6.08 Å². The molecule has 0 fully saturated rings. The number of hydrogen-bond acceptors (Lipinski definition) is 6. The summed E-state index contributed by atoms with van der Waals surface area (Å²) in [6, 6.07) is 7.08. The number of aryl methyl sites for hydroxylation is 1. The highest BCUT2D eigenvalue weighted by Crippen LogP contribution is 2.29. The minimum absolute atomic E-state index is 0.0732. The van der Waals surface area contributed by atoms with Crippen molar-refractivity contribution in [3.05, 3.63) is 51.9 Å². The van der Waals surface area contributed by atoms with E-state index in [1.165, 1.54) is 13.2 Å². The van der Waals surface area contributed by atoms with Crippen LogP contribution in [0.4, 0.5) is 0 Å². The molecule has 0 spiro atoms. The Morgan fingerprint density at radius 3 is 2.48 bits per heavy atom. The zero-order valence-electron chi connectivity index (χ0n) is 17.2. The highest BCUT2D eigenvalue weighted by atomic mass is 16.5. The Balaban J connectivity index is 2.43. The van der Waals surface area contributed by atoms with Crippen LogP contribution in [0.15, 0.2) is 23.8 Å². The minimum Gasteiger partial charge on any atom is -0.493 e. The van der Waals surface area contributed by atoms with Crippen LogP contribution >= 0.6 is 0 Å². The number of nitrogens with one attached hydrogen (secondary N) is 1. The van der Waals surface area contributed by atoms with Crippen LogP contribution in [0.1, 0.15) is 51.5 Å². The molecule has 2 aromatic rings. The average molecular weight is 396 g/mol. The number of Topliss-reactive ketones (excluding diaryl/α,β-unsaturated/α-hetero) is 1. The monoisotopic (exact) mass is 396 g/mol. The molecule has 0 aliphatic rings. The third-order valence-corrected chi connectivity index (χ3v) is 4.31. The van der Waals surface area contributed by atoms with E-state index in [2.05, 4.69) is 4.98 Å². The number of H-pyrrole nitrogens is 1. The molecule has 0 amide bonds. The first-order valence-electron chi connectivity index (χ1n) is 9.21. The van der Waals surface area contributed by atoms with Gasteiger partial charge in [-0.15, -0.1) is 0 Å². The Morgan fingerprint density at radius 1 is 1.17 bits per heavy atom. The van der Waals surface area contributed by atoms with Crippen LogP contribution in [0.2, 0.25) is 0 Å². The normalized spacial score (nSPS) is 11.0. The number of ketones is 1. The number of aromatic nitrogens is 1. The van der Waals surface area contributed by atoms with Gasteiger partial charge in [-0.3, -0.25) is 4.79 Å². The van der Waals surface area contributed by atoms with Gasteiger partial charge in [-0.05, 0) is 57.0 Å². The fourth-order valence-corrected chi connectivity index (χ4v) is 2.99. The van der Waals surface area contributed by atoms with E-state index in [1.54, 1.807) is 39.0 Å². The molecule has 0 radical (unpaired) electrons. The highest BCUT2D eigenvalue weighted by Gasteiger charge is 2.24. The van der Waals surface area contributed by atoms with Gasteiger partial charge >= 0.3 is 5.97 Å². The summed E-state index contributed by atoms with van der Waals surface area (Å²) in [5.41, 5.74) is 2.02. The van der Waals surface area contributed by atoms with E-state index < -0.39 is 11.8 Å². The lowest BCUT2D eigenvalue weighted by Gasteiger charge is -2.09. The number of ether oxygens (including phenoxy) is 3. The number of allylic oxidation sites excluding steroid dienone is 1. The summed E-state index contributed by atoms with van der Waals surface area (Å²) in [5.74, 6) is 0.0711. The second kappa shape index (κ2) is 9.60. The molecule has 0 saturated heterocycles. The summed E-state index contributed by atoms with van der Waals surface area (Å²) in [5, 5.41) is 9.54. The molecule has 29 heavy (non-hydrogen) atoms. The predicted octanol–water partition coefficient (Wildman–Crippen LogP) is 4.01. The van der Waals surface area contributed by atoms with Crippen LogP contribution in [-0.2, 0) is 4.74 Å². The Bertz CT molecular complexity index is 995. The number of benzene rings is 1. The van der Waals surface area contributed by atoms with Crippen LogP contribution in [0.3, 0.4) is 0 Å². The lowest BCUT2D eigenvalue weighted by Crippen LogP contribution is -2.08. The molecule has 7 heteroatoms. The zero-order valence-corrected chi connectivity index (χ0v) is 17.2. The van der Waals surface area contributed by atoms with Crippen molar-refractivity contribution < 1.29 is 23.8 Å². The van der Waals surface area contributed by atoms with Crippen molar-refractivity contribution in [1.82, 2.24) is 4.98 Å². The third-order valence-electron chi connectivity index (χ3n) is 4.31. The van der Waals surface area contributed by atoms with Gasteiger partial charge in [0.2, 0.25) is 5.78 Å². The number of esters is 1. The second-order valence-electron chi connectivity index (χ2n) is 6.19. The molecule has 1 aromatic carbocycles. The fourth-order valence-electron chi connectivity index (χ4n) is 2.99. The summed E-state index contributed by atoms with van der Waals surface area (Å²) >= 11 is 0. The van der Waals surface area contributed by atoms with Crippen molar-refractivity contribution in [3.8, 4) is 17.6 Å². The quantitative estimate of drug-likeness (QED) is 0.313. The number of aromatic amines is 1. The van der Waals surface area contributed by atoms with E-state index in [1.807, 2.05) is 13.0 Å². The molecule has 1 aromatic heterocycles. The molecule has 152 valence electrons. The maximum absolute atomic E-state index is 12.9. The number of nitriles is 1. The number of nitrogens with zero attached hydrogens (tertiary/aromatic N) is 1. The molecule has 7 nitrogen and oxygen atoms in total. The van der Waals surface area contributed by atoms with Gasteiger partial charge in [-0.2, -0.15) is 5.26 Å². The Morgan fingerprint density at radius 2 is 1.90 bits per heavy atom. The van der Waals surface area contributed by atoms with Gasteiger partial charge in [-0.1, -0.05) is 6.07 Å². The maximum Gasteiger partial charge on any atom is 0.340 e. The summed E-state index contributed by atoms with van der Waals surface area (Å²) in [6.07, 6.45) is 1.47. The van der Waals surface area contributed by atoms with Gasteiger partial charge in [0.15, 0.2) is 11.5 Å². The van der Waals surface area contributed by atoms with Gasteiger partial charge in [0, 0.05) is 5.69 Å². The Hall–Kier alpha value is -3.53. The lowest BCUT2D eigenvalue weighted by molar-refractivity contribution is 0.0525. The van der Waals surface area contributed by atoms with Crippen molar-refractivity contribution >= 4 is 17.8 Å². The highest BCUT2D eigenvalue weighted by molar-refractivity contribution is 6.15. The topological polar surface area (TPSA) is 101 Å². The number of carbonyl (C=O) groups is 2. The van der Waals surface area contributed by atoms with E-state index in [0.717, 1.165) is 0 Å². The molecule has 0 bridgehead atoms. The standard InChI is InChI=1S/C22H24N2O5/c1-6-28-17-9-8-15(11-18(17)27-5)10-16(12-23)21(25)20-13(3)19(14(4)24-20)22(26)29-7-2/h8-11,24H,6-7H2,1-5H3/b16-10+. The fraction of sp³-hybridized carbons (Fsp3) is 0.318. The van der Waals surface area contributed by atoms with Crippen molar-refractivity contribution in [2.45, 2.75) is 27.7 Å². The molecule has 1 N–H and O–H groups in total. The molecule has 2 rings (SSSR count).